The highest BCUT2D eigenvalue weighted by molar-refractivity contribution is 7.89. The summed E-state index contributed by atoms with van der Waals surface area (Å²) in [7, 11) is -3.33. The largest absolute Gasteiger partial charge is 0.329 e. The third-order valence-electron chi connectivity index (χ3n) is 2.43. The summed E-state index contributed by atoms with van der Waals surface area (Å²) in [6.07, 6.45) is 2.17. The molecule has 1 saturated heterocycles. The highest BCUT2D eigenvalue weighted by Crippen LogP contribution is 2.15. The number of nitrogens with zero attached hydrogens (tertiary/aromatic N) is 1. The lowest BCUT2D eigenvalue weighted by Gasteiger charge is -2.22. The van der Waals surface area contributed by atoms with Crippen molar-refractivity contribution >= 4 is 10.0 Å². The third-order valence-corrected chi connectivity index (χ3v) is 3.19. The van der Waals surface area contributed by atoms with Crippen LogP contribution in [-0.2, 0) is 10.0 Å². The van der Waals surface area contributed by atoms with E-state index in [2.05, 4.69) is 4.90 Å². The topological polar surface area (TPSA) is 89.4 Å². The van der Waals surface area contributed by atoms with Crippen LogP contribution in [0.25, 0.3) is 0 Å². The molecule has 1 aliphatic rings. The Bertz CT molecular complexity index is 252. The van der Waals surface area contributed by atoms with Crippen LogP contribution in [0.4, 0.5) is 0 Å². The lowest BCUT2D eigenvalue weighted by atomic mass is 10.2. The molecule has 0 spiro atoms. The van der Waals surface area contributed by atoms with Gasteiger partial charge in [0.15, 0.2) is 0 Å². The Labute approximate surface area is 79.1 Å². The van der Waals surface area contributed by atoms with Gasteiger partial charge < -0.3 is 5.73 Å². The zero-order valence-electron chi connectivity index (χ0n) is 7.65. The quantitative estimate of drug-likeness (QED) is 0.599. The van der Waals surface area contributed by atoms with Crippen molar-refractivity contribution in [1.82, 2.24) is 4.90 Å². The molecular formula is C7H17N3O2S. The molecule has 0 amide bonds. The Hall–Kier alpha value is -0.170. The second-order valence-electron chi connectivity index (χ2n) is 3.43. The zero-order valence-corrected chi connectivity index (χ0v) is 8.46. The Balaban J connectivity index is 2.36. The van der Waals surface area contributed by atoms with Gasteiger partial charge in [-0.15, -0.1) is 0 Å². The van der Waals surface area contributed by atoms with Gasteiger partial charge >= 0.3 is 0 Å². The first-order chi connectivity index (χ1) is 6.03. The van der Waals surface area contributed by atoms with E-state index in [9.17, 15) is 8.42 Å². The second kappa shape index (κ2) is 4.36. The van der Waals surface area contributed by atoms with Gasteiger partial charge in [-0.3, -0.25) is 4.90 Å². The van der Waals surface area contributed by atoms with E-state index < -0.39 is 10.0 Å². The molecule has 1 atom stereocenters. The monoisotopic (exact) mass is 207 g/mol. The maximum atomic E-state index is 10.7. The number of sulfonamides is 1. The number of rotatable bonds is 4. The summed E-state index contributed by atoms with van der Waals surface area (Å²) in [5, 5.41) is 4.91. The fourth-order valence-corrected chi connectivity index (χ4v) is 2.19. The summed E-state index contributed by atoms with van der Waals surface area (Å²) >= 11 is 0. The van der Waals surface area contributed by atoms with Crippen molar-refractivity contribution in [3.63, 3.8) is 0 Å². The minimum Gasteiger partial charge on any atom is -0.329 e. The second-order valence-corrected chi connectivity index (χ2v) is 5.17. The van der Waals surface area contributed by atoms with Crippen LogP contribution in [0.2, 0.25) is 0 Å². The van der Waals surface area contributed by atoms with Crippen LogP contribution in [0.5, 0.6) is 0 Å². The van der Waals surface area contributed by atoms with E-state index >= 15 is 0 Å². The van der Waals surface area contributed by atoms with Gasteiger partial charge in [-0.25, -0.2) is 13.6 Å². The molecule has 0 radical (unpaired) electrons. The standard InChI is InChI=1S/C7H17N3O2S/c8-6-7-2-1-3-10(7)4-5-13(9,11)12/h7H,1-6,8H2,(H2,9,11,12). The van der Waals surface area contributed by atoms with Crippen LogP contribution in [0.3, 0.4) is 0 Å². The highest BCUT2D eigenvalue weighted by Gasteiger charge is 2.23. The molecular weight excluding hydrogens is 190 g/mol. The predicted molar refractivity (Wildman–Crippen MR) is 51.6 cm³/mol. The summed E-state index contributed by atoms with van der Waals surface area (Å²) in [6, 6.07) is 0.349. The Morgan fingerprint density at radius 2 is 2.15 bits per heavy atom. The minimum absolute atomic E-state index is 0.0312. The van der Waals surface area contributed by atoms with Crippen molar-refractivity contribution in [3.8, 4) is 0 Å². The maximum absolute atomic E-state index is 10.7. The first-order valence-electron chi connectivity index (χ1n) is 4.47. The molecule has 1 fully saturated rings. The van der Waals surface area contributed by atoms with Crippen molar-refractivity contribution in [2.24, 2.45) is 10.9 Å². The molecule has 6 heteroatoms. The molecule has 0 aliphatic carbocycles. The van der Waals surface area contributed by atoms with E-state index in [1.165, 1.54) is 0 Å². The molecule has 0 aromatic carbocycles. The molecule has 1 heterocycles. The van der Waals surface area contributed by atoms with Crippen LogP contribution in [0, 0.1) is 0 Å². The lowest BCUT2D eigenvalue weighted by molar-refractivity contribution is 0.273. The van der Waals surface area contributed by atoms with Gasteiger partial charge in [-0.2, -0.15) is 0 Å². The van der Waals surface area contributed by atoms with Gasteiger partial charge in [-0.05, 0) is 19.4 Å². The number of primary sulfonamides is 1. The lowest BCUT2D eigenvalue weighted by Crippen LogP contribution is -2.39. The summed E-state index contributed by atoms with van der Waals surface area (Å²) < 4.78 is 21.4. The van der Waals surface area contributed by atoms with Crippen molar-refractivity contribution in [2.75, 3.05) is 25.4 Å². The van der Waals surface area contributed by atoms with Crippen molar-refractivity contribution in [2.45, 2.75) is 18.9 Å². The number of hydrogen-bond acceptors (Lipinski definition) is 4. The van der Waals surface area contributed by atoms with Gasteiger partial charge in [0.25, 0.3) is 0 Å². The fraction of sp³-hybridized carbons (Fsp3) is 1.00. The molecule has 1 aliphatic heterocycles. The molecule has 1 rings (SSSR count). The first kappa shape index (κ1) is 10.9. The number of hydrogen-bond donors (Lipinski definition) is 2. The van der Waals surface area contributed by atoms with Gasteiger partial charge in [0.1, 0.15) is 0 Å². The predicted octanol–water partition coefficient (Wildman–Crippen LogP) is -1.30. The smallest absolute Gasteiger partial charge is 0.210 e. The molecule has 78 valence electrons. The van der Waals surface area contributed by atoms with Crippen LogP contribution in [0.1, 0.15) is 12.8 Å². The van der Waals surface area contributed by atoms with E-state index in [0.717, 1.165) is 19.4 Å². The molecule has 1 unspecified atom stereocenters. The van der Waals surface area contributed by atoms with E-state index in [0.29, 0.717) is 19.1 Å². The number of nitrogens with two attached hydrogens (primary N) is 2. The van der Waals surface area contributed by atoms with Crippen molar-refractivity contribution in [3.05, 3.63) is 0 Å². The first-order valence-corrected chi connectivity index (χ1v) is 6.19. The molecule has 5 nitrogen and oxygen atoms in total. The highest BCUT2D eigenvalue weighted by atomic mass is 32.2. The Morgan fingerprint density at radius 1 is 1.46 bits per heavy atom. The van der Waals surface area contributed by atoms with Gasteiger partial charge in [0.2, 0.25) is 10.0 Å². The molecule has 4 N–H and O–H groups in total. The van der Waals surface area contributed by atoms with Crippen LogP contribution < -0.4 is 10.9 Å². The fourth-order valence-electron chi connectivity index (χ4n) is 1.70. The van der Waals surface area contributed by atoms with E-state index in [-0.39, 0.29) is 5.75 Å². The van der Waals surface area contributed by atoms with Crippen molar-refractivity contribution < 1.29 is 8.42 Å². The van der Waals surface area contributed by atoms with E-state index in [4.69, 9.17) is 10.9 Å². The minimum atomic E-state index is -3.33. The normalized spacial score (nSPS) is 25.2. The zero-order chi connectivity index (χ0) is 9.90. The Kier molecular flexibility index (Phi) is 3.66. The Morgan fingerprint density at radius 3 is 2.69 bits per heavy atom. The van der Waals surface area contributed by atoms with Crippen molar-refractivity contribution in [1.29, 1.82) is 0 Å². The third kappa shape index (κ3) is 3.60. The number of likely N-dealkylation sites (tertiary alicyclic amines) is 1. The van der Waals surface area contributed by atoms with Gasteiger partial charge in [0.05, 0.1) is 5.75 Å². The average Bonchev–Trinajstić information content (AvgIpc) is 2.46. The van der Waals surface area contributed by atoms with E-state index in [1.54, 1.807) is 0 Å². The molecule has 0 aromatic rings. The average molecular weight is 207 g/mol. The summed E-state index contributed by atoms with van der Waals surface area (Å²) in [6.45, 7) is 2.06. The molecule has 0 aromatic heterocycles. The van der Waals surface area contributed by atoms with Gasteiger partial charge in [-0.1, -0.05) is 0 Å². The van der Waals surface area contributed by atoms with Crippen LogP contribution >= 0.6 is 0 Å². The summed E-state index contributed by atoms with van der Waals surface area (Å²) in [5.74, 6) is 0.0312. The summed E-state index contributed by atoms with van der Waals surface area (Å²) in [5.41, 5.74) is 5.54. The SMILES string of the molecule is NCC1CCCN1CCS(N)(=O)=O. The van der Waals surface area contributed by atoms with Crippen LogP contribution in [-0.4, -0.2) is 44.7 Å². The molecule has 0 saturated carbocycles. The molecule has 13 heavy (non-hydrogen) atoms. The summed E-state index contributed by atoms with van der Waals surface area (Å²) in [4.78, 5) is 2.10. The molecule has 0 bridgehead atoms. The van der Waals surface area contributed by atoms with Crippen LogP contribution in [0.15, 0.2) is 0 Å². The van der Waals surface area contributed by atoms with E-state index in [1.807, 2.05) is 0 Å². The van der Waals surface area contributed by atoms with Gasteiger partial charge in [0, 0.05) is 19.1 Å². The maximum Gasteiger partial charge on any atom is 0.210 e.